The number of fused-ring (bicyclic) bond motifs is 5. The number of phenols is 1. The molecule has 0 spiro atoms. The van der Waals surface area contributed by atoms with Crippen molar-refractivity contribution in [1.29, 1.82) is 0 Å². The van der Waals surface area contributed by atoms with E-state index in [4.69, 9.17) is 20.9 Å². The summed E-state index contributed by atoms with van der Waals surface area (Å²) >= 11 is 0. The Morgan fingerprint density at radius 2 is 1.96 bits per heavy atom. The maximum atomic E-state index is 17.0. The van der Waals surface area contributed by atoms with Gasteiger partial charge in [0.05, 0.1) is 17.1 Å². The average molecular weight is 664 g/mol. The molecule has 0 amide bonds. The van der Waals surface area contributed by atoms with Crippen molar-refractivity contribution >= 4 is 27.5 Å². The molecule has 9 rings (SSSR count). The zero-order chi connectivity index (χ0) is 33.1. The number of aromatic hydroxyl groups is 1. The SMILES string of the molecule is C#Cc1c(F)ccc2cc(O)cc(-c3nc4c5c(nc(OC[C@@]67CCCN6C[C@H](F)C7)nc5c3F)N3CCC5C(C[C@H]3CO4)C5(F)F)c12. The molecule has 248 valence electrons. The van der Waals surface area contributed by atoms with Crippen LogP contribution in [-0.2, 0) is 0 Å². The average Bonchev–Trinajstić information content (AvgIpc) is 3.31. The van der Waals surface area contributed by atoms with E-state index in [0.717, 1.165) is 25.5 Å². The van der Waals surface area contributed by atoms with Crippen molar-refractivity contribution in [3.8, 4) is 41.2 Å². The molecule has 1 saturated carbocycles. The van der Waals surface area contributed by atoms with Crippen LogP contribution < -0.4 is 14.4 Å². The summed E-state index contributed by atoms with van der Waals surface area (Å²) in [5.74, 6) is -3.62. The summed E-state index contributed by atoms with van der Waals surface area (Å²) in [6, 6.07) is 4.54. The molecule has 4 aliphatic heterocycles. The Kier molecular flexibility index (Phi) is 6.36. The van der Waals surface area contributed by atoms with E-state index >= 15 is 4.39 Å². The minimum absolute atomic E-state index is 0.0130. The van der Waals surface area contributed by atoms with Gasteiger partial charge in [0.2, 0.25) is 5.88 Å². The van der Waals surface area contributed by atoms with Crippen molar-refractivity contribution in [3.63, 3.8) is 0 Å². The maximum absolute atomic E-state index is 17.0. The summed E-state index contributed by atoms with van der Waals surface area (Å²) < 4.78 is 87.9. The van der Waals surface area contributed by atoms with Gasteiger partial charge >= 0.3 is 6.01 Å². The lowest BCUT2D eigenvalue weighted by molar-refractivity contribution is 0.0765. The first kappa shape index (κ1) is 29.7. The second kappa shape index (κ2) is 10.3. The monoisotopic (exact) mass is 663 g/mol. The Hall–Kier alpha value is -4.44. The normalized spacial score (nSPS) is 28.6. The highest BCUT2D eigenvalue weighted by Crippen LogP contribution is 2.61. The Balaban J connectivity index is 1.23. The van der Waals surface area contributed by atoms with Gasteiger partial charge in [-0.25, -0.2) is 26.9 Å². The van der Waals surface area contributed by atoms with Crippen LogP contribution in [0, 0.1) is 35.8 Å². The third-order valence-corrected chi connectivity index (χ3v) is 11.1. The van der Waals surface area contributed by atoms with Gasteiger partial charge in [0.15, 0.2) is 5.82 Å². The van der Waals surface area contributed by atoms with E-state index in [9.17, 15) is 22.7 Å². The summed E-state index contributed by atoms with van der Waals surface area (Å²) in [6.45, 7) is 1.35. The second-order valence-electron chi connectivity index (χ2n) is 13.7. The molecule has 0 radical (unpaired) electrons. The molecule has 4 fully saturated rings. The number of hydrogen-bond donors (Lipinski definition) is 1. The van der Waals surface area contributed by atoms with Gasteiger partial charge in [-0.3, -0.25) is 4.90 Å². The summed E-state index contributed by atoms with van der Waals surface area (Å²) in [4.78, 5) is 17.7. The Morgan fingerprint density at radius 1 is 1.10 bits per heavy atom. The minimum Gasteiger partial charge on any atom is -0.508 e. The number of aromatic nitrogens is 3. The third-order valence-electron chi connectivity index (χ3n) is 11.1. The maximum Gasteiger partial charge on any atom is 0.319 e. The van der Waals surface area contributed by atoms with Gasteiger partial charge < -0.3 is 19.5 Å². The van der Waals surface area contributed by atoms with E-state index in [1.54, 1.807) is 0 Å². The van der Waals surface area contributed by atoms with Crippen LogP contribution in [-0.4, -0.2) is 81.5 Å². The van der Waals surface area contributed by atoms with Crippen molar-refractivity contribution in [2.24, 2.45) is 11.8 Å². The minimum atomic E-state index is -2.75. The molecule has 3 saturated heterocycles. The third kappa shape index (κ3) is 4.27. The van der Waals surface area contributed by atoms with Crippen LogP contribution in [0.4, 0.5) is 27.8 Å². The number of benzene rings is 2. The number of rotatable bonds is 4. The first-order valence-corrected chi connectivity index (χ1v) is 16.2. The van der Waals surface area contributed by atoms with Gasteiger partial charge in [-0.2, -0.15) is 9.97 Å². The van der Waals surface area contributed by atoms with Crippen LogP contribution in [0.3, 0.4) is 0 Å². The fraction of sp³-hybridized carbons (Fsp3) is 0.457. The van der Waals surface area contributed by atoms with Crippen molar-refractivity contribution in [2.75, 3.05) is 37.7 Å². The standard InChI is InChI=1S/C35H30F5N5O3/c1-2-21-25(37)5-4-17-10-20(46)12-22(26(17)21)29-28(38)30-27-31(43-33(42-30)48-16-34-7-3-8-44(34)14-18(36)13-34)45-9-6-23-24(35(23,39)40)11-19(45)15-47-32(27)41-29/h1,4-5,10,12,18-19,23-24,46H,3,6-9,11,13-16H2/t18-,19+,23?,24?,34+/m1/s1. The van der Waals surface area contributed by atoms with Gasteiger partial charge in [0.1, 0.15) is 53.4 Å². The number of terminal acetylenes is 1. The smallest absolute Gasteiger partial charge is 0.319 e. The first-order chi connectivity index (χ1) is 23.1. The van der Waals surface area contributed by atoms with Gasteiger partial charge in [0.25, 0.3) is 5.92 Å². The Morgan fingerprint density at radius 3 is 2.79 bits per heavy atom. The molecule has 8 nitrogen and oxygen atoms in total. The quantitative estimate of drug-likeness (QED) is 0.210. The van der Waals surface area contributed by atoms with Gasteiger partial charge in [0, 0.05) is 42.3 Å². The summed E-state index contributed by atoms with van der Waals surface area (Å²) in [6.07, 6.45) is 6.98. The first-order valence-electron chi connectivity index (χ1n) is 16.2. The van der Waals surface area contributed by atoms with E-state index in [-0.39, 0.29) is 89.2 Å². The van der Waals surface area contributed by atoms with Gasteiger partial charge in [-0.15, -0.1) is 6.42 Å². The van der Waals surface area contributed by atoms with E-state index in [0.29, 0.717) is 18.4 Å². The highest BCUT2D eigenvalue weighted by molar-refractivity contribution is 6.04. The molecule has 6 heterocycles. The molecule has 2 aromatic heterocycles. The molecule has 0 bridgehead atoms. The van der Waals surface area contributed by atoms with Crippen molar-refractivity contribution in [2.45, 2.75) is 55.8 Å². The molecule has 1 aliphatic carbocycles. The Bertz CT molecular complexity index is 2070. The highest BCUT2D eigenvalue weighted by atomic mass is 19.3. The number of hydrogen-bond acceptors (Lipinski definition) is 8. The van der Waals surface area contributed by atoms with Crippen LogP contribution >= 0.6 is 0 Å². The van der Waals surface area contributed by atoms with Crippen LogP contribution in [0.15, 0.2) is 24.3 Å². The topological polar surface area (TPSA) is 83.8 Å². The lowest BCUT2D eigenvalue weighted by Gasteiger charge is -2.32. The molecular formula is C35H30F5N5O3. The zero-order valence-corrected chi connectivity index (χ0v) is 25.7. The fourth-order valence-corrected chi connectivity index (χ4v) is 8.73. The molecule has 5 atom stereocenters. The fourth-order valence-electron chi connectivity index (χ4n) is 8.73. The molecule has 48 heavy (non-hydrogen) atoms. The van der Waals surface area contributed by atoms with Crippen LogP contribution in [0.5, 0.6) is 17.6 Å². The largest absolute Gasteiger partial charge is 0.508 e. The van der Waals surface area contributed by atoms with Crippen LogP contribution in [0.1, 0.15) is 37.7 Å². The molecular weight excluding hydrogens is 633 g/mol. The molecule has 2 unspecified atom stereocenters. The van der Waals surface area contributed by atoms with E-state index in [1.807, 2.05) is 4.90 Å². The predicted molar refractivity (Wildman–Crippen MR) is 166 cm³/mol. The number of ether oxygens (including phenoxy) is 2. The van der Waals surface area contributed by atoms with Crippen LogP contribution in [0.25, 0.3) is 32.9 Å². The molecule has 4 aromatic rings. The predicted octanol–water partition coefficient (Wildman–Crippen LogP) is 6.01. The lowest BCUT2D eigenvalue weighted by Crippen LogP contribution is -2.43. The summed E-state index contributed by atoms with van der Waals surface area (Å²) in [5, 5.41) is 11.3. The van der Waals surface area contributed by atoms with Crippen molar-refractivity contribution in [1.82, 2.24) is 19.9 Å². The lowest BCUT2D eigenvalue weighted by atomic mass is 9.95. The zero-order valence-electron chi connectivity index (χ0n) is 25.7. The van der Waals surface area contributed by atoms with E-state index < -0.39 is 47.1 Å². The molecule has 5 aliphatic rings. The van der Waals surface area contributed by atoms with E-state index in [1.165, 1.54) is 18.2 Å². The molecule has 1 N–H and O–H groups in total. The van der Waals surface area contributed by atoms with Crippen molar-refractivity contribution < 1.29 is 36.5 Å². The summed E-state index contributed by atoms with van der Waals surface area (Å²) in [5.41, 5.74) is -1.17. The molecule has 13 heteroatoms. The van der Waals surface area contributed by atoms with Crippen LogP contribution in [0.2, 0.25) is 0 Å². The number of anilines is 1. The van der Waals surface area contributed by atoms with Gasteiger partial charge in [-0.1, -0.05) is 12.0 Å². The number of alkyl halides is 3. The summed E-state index contributed by atoms with van der Waals surface area (Å²) in [7, 11) is 0. The number of phenolic OH excluding ortho intramolecular Hbond substituents is 1. The highest BCUT2D eigenvalue weighted by Gasteiger charge is 2.68. The number of nitrogens with zero attached hydrogens (tertiary/aromatic N) is 5. The Labute approximate surface area is 271 Å². The number of halogens is 5. The van der Waals surface area contributed by atoms with Gasteiger partial charge in [-0.05, 0) is 55.8 Å². The van der Waals surface area contributed by atoms with Crippen molar-refractivity contribution in [3.05, 3.63) is 41.5 Å². The van der Waals surface area contributed by atoms with E-state index in [2.05, 4.69) is 20.8 Å². The molecule has 2 aromatic carbocycles. The number of pyridine rings is 1. The second-order valence-corrected chi connectivity index (χ2v) is 13.7.